The molecule has 0 fully saturated rings. The maximum Gasteiger partial charge on any atom is 0.409 e. The van der Waals surface area contributed by atoms with Crippen LogP contribution in [0, 0.1) is 0 Å². The number of hydrazine groups is 1. The van der Waals surface area contributed by atoms with Crippen molar-refractivity contribution in [1.29, 1.82) is 0 Å². The summed E-state index contributed by atoms with van der Waals surface area (Å²) < 4.78 is 50.5. The van der Waals surface area contributed by atoms with Gasteiger partial charge in [0.1, 0.15) is 17.5 Å². The Hall–Kier alpha value is -4.58. The molecule has 1 unspecified atom stereocenters. The minimum atomic E-state index is -4.50. The van der Waals surface area contributed by atoms with Crippen LogP contribution in [0.2, 0.25) is 0 Å². The Bertz CT molecular complexity index is 1340. The summed E-state index contributed by atoms with van der Waals surface area (Å²) in [5.41, 5.74) is 4.49. The Kier molecular flexibility index (Phi) is 7.30. The molecule has 9 nitrogen and oxygen atoms in total. The minimum Gasteiger partial charge on any atom is -0.497 e. The molecular formula is C25H22F3N5O4. The summed E-state index contributed by atoms with van der Waals surface area (Å²) in [5, 5.41) is 13.1. The molecule has 1 aliphatic rings. The number of nitrogens with one attached hydrogen (secondary N) is 2. The molecule has 1 aromatic heterocycles. The van der Waals surface area contributed by atoms with Gasteiger partial charge in [-0.25, -0.2) is 15.2 Å². The quantitative estimate of drug-likeness (QED) is 0.367. The maximum absolute atomic E-state index is 13.3. The number of benzene rings is 2. The number of anilines is 3. The normalized spacial score (nSPS) is 15.3. The van der Waals surface area contributed by atoms with Gasteiger partial charge < -0.3 is 19.9 Å². The fourth-order valence-electron chi connectivity index (χ4n) is 3.53. The van der Waals surface area contributed by atoms with Gasteiger partial charge >= 0.3 is 12.1 Å². The van der Waals surface area contributed by atoms with Crippen LogP contribution >= 0.6 is 0 Å². The number of alkyl halides is 3. The summed E-state index contributed by atoms with van der Waals surface area (Å²) in [7, 11) is 3.01. The number of rotatable bonds is 8. The highest BCUT2D eigenvalue weighted by atomic mass is 19.4. The number of ether oxygens (including phenoxy) is 2. The Morgan fingerprint density at radius 2 is 1.89 bits per heavy atom. The molecule has 0 saturated carbocycles. The van der Waals surface area contributed by atoms with Crippen LogP contribution in [0.3, 0.4) is 0 Å². The highest BCUT2D eigenvalue weighted by molar-refractivity contribution is 5.86. The lowest BCUT2D eigenvalue weighted by Gasteiger charge is -2.23. The van der Waals surface area contributed by atoms with E-state index in [0.29, 0.717) is 33.9 Å². The second kappa shape index (κ2) is 10.6. The molecule has 0 spiro atoms. The number of aromatic nitrogens is 2. The van der Waals surface area contributed by atoms with Gasteiger partial charge in [-0.3, -0.25) is 5.01 Å². The zero-order valence-electron chi connectivity index (χ0n) is 19.7. The van der Waals surface area contributed by atoms with Gasteiger partial charge in [-0.2, -0.15) is 18.2 Å². The van der Waals surface area contributed by atoms with Crippen molar-refractivity contribution < 1.29 is 32.5 Å². The number of carbonyl (C=O) groups is 1. The number of methoxy groups -OCH3 is 2. The molecule has 1 atom stereocenters. The smallest absolute Gasteiger partial charge is 0.409 e. The van der Waals surface area contributed by atoms with E-state index in [0.717, 1.165) is 12.2 Å². The van der Waals surface area contributed by atoms with Crippen molar-refractivity contribution in [2.24, 2.45) is 0 Å². The van der Waals surface area contributed by atoms with Crippen LogP contribution in [0.1, 0.15) is 5.56 Å². The average Bonchev–Trinajstić information content (AvgIpc) is 3.38. The van der Waals surface area contributed by atoms with Crippen LogP contribution in [0.25, 0.3) is 17.2 Å². The maximum atomic E-state index is 13.3. The van der Waals surface area contributed by atoms with E-state index in [1.54, 1.807) is 42.5 Å². The summed E-state index contributed by atoms with van der Waals surface area (Å²) in [6, 6.07) is 9.97. The third-order valence-electron chi connectivity index (χ3n) is 5.28. The third kappa shape index (κ3) is 6.16. The van der Waals surface area contributed by atoms with Gasteiger partial charge in [0, 0.05) is 47.9 Å². The van der Waals surface area contributed by atoms with E-state index in [1.807, 2.05) is 0 Å². The van der Waals surface area contributed by atoms with E-state index in [2.05, 4.69) is 20.7 Å². The molecule has 0 bridgehead atoms. The zero-order valence-corrected chi connectivity index (χ0v) is 19.7. The number of aliphatic carboxylic acids is 1. The summed E-state index contributed by atoms with van der Waals surface area (Å²) >= 11 is 0. The van der Waals surface area contributed by atoms with Crippen molar-refractivity contribution in [2.45, 2.75) is 12.2 Å². The molecule has 3 N–H and O–H groups in total. The van der Waals surface area contributed by atoms with Crippen molar-refractivity contribution in [3.8, 4) is 22.6 Å². The number of carboxylic acids is 1. The first-order valence-corrected chi connectivity index (χ1v) is 10.9. The Morgan fingerprint density at radius 3 is 2.51 bits per heavy atom. The first-order valence-electron chi connectivity index (χ1n) is 10.9. The fraction of sp³-hybridized carbons (Fsp3) is 0.160. The van der Waals surface area contributed by atoms with E-state index in [9.17, 15) is 18.0 Å². The van der Waals surface area contributed by atoms with Gasteiger partial charge in [0.2, 0.25) is 5.95 Å². The van der Waals surface area contributed by atoms with E-state index in [-0.39, 0.29) is 11.8 Å². The van der Waals surface area contributed by atoms with Gasteiger partial charge in [0.05, 0.1) is 14.2 Å². The summed E-state index contributed by atoms with van der Waals surface area (Å²) in [6.45, 7) is 0. The van der Waals surface area contributed by atoms with E-state index >= 15 is 0 Å². The van der Waals surface area contributed by atoms with Crippen LogP contribution in [-0.2, 0) is 4.79 Å². The molecule has 3 aromatic rings. The van der Waals surface area contributed by atoms with Crippen molar-refractivity contribution in [1.82, 2.24) is 15.4 Å². The SMILES string of the molecule is COc1cc(Nc2ncc(-c3cccc(/C=C/C(=O)O)c3)c(N3C=CC(C(F)(F)F)N3)n2)cc(OC)c1. The molecule has 1 aliphatic heterocycles. The number of carboxylic acid groups (broad SMARTS) is 1. The van der Waals surface area contributed by atoms with Crippen LogP contribution < -0.4 is 25.2 Å². The minimum absolute atomic E-state index is 0.113. The van der Waals surface area contributed by atoms with Crippen molar-refractivity contribution >= 4 is 29.5 Å². The predicted octanol–water partition coefficient (Wildman–Crippen LogP) is 4.77. The van der Waals surface area contributed by atoms with Crippen molar-refractivity contribution in [3.63, 3.8) is 0 Å². The van der Waals surface area contributed by atoms with Crippen LogP contribution in [0.15, 0.2) is 67.0 Å². The van der Waals surface area contributed by atoms with Gasteiger partial charge in [-0.15, -0.1) is 0 Å². The molecule has 2 heterocycles. The Balaban J connectivity index is 1.74. The van der Waals surface area contributed by atoms with Crippen LogP contribution in [-0.4, -0.2) is 47.5 Å². The first-order chi connectivity index (χ1) is 17.7. The highest BCUT2D eigenvalue weighted by Gasteiger charge is 2.41. The largest absolute Gasteiger partial charge is 0.497 e. The monoisotopic (exact) mass is 513 g/mol. The topological polar surface area (TPSA) is 109 Å². The van der Waals surface area contributed by atoms with Crippen LogP contribution in [0.5, 0.6) is 11.5 Å². The summed E-state index contributed by atoms with van der Waals surface area (Å²) in [6.07, 6.45) is 1.60. The molecule has 0 saturated heterocycles. The molecule has 2 aromatic carbocycles. The molecule has 0 amide bonds. The molecule has 12 heteroatoms. The second-order valence-corrected chi connectivity index (χ2v) is 7.81. The van der Waals surface area contributed by atoms with E-state index in [4.69, 9.17) is 14.6 Å². The lowest BCUT2D eigenvalue weighted by atomic mass is 10.0. The lowest BCUT2D eigenvalue weighted by molar-refractivity contribution is -0.142. The third-order valence-corrected chi connectivity index (χ3v) is 5.28. The molecule has 4 rings (SSSR count). The molecule has 192 valence electrons. The molecular weight excluding hydrogens is 491 g/mol. The first kappa shape index (κ1) is 25.5. The Labute approximate surface area is 209 Å². The predicted molar refractivity (Wildman–Crippen MR) is 132 cm³/mol. The fourth-order valence-corrected chi connectivity index (χ4v) is 3.53. The summed E-state index contributed by atoms with van der Waals surface area (Å²) in [5.74, 6) is 0.184. The summed E-state index contributed by atoms with van der Waals surface area (Å²) in [4.78, 5) is 19.7. The molecule has 0 aliphatic carbocycles. The lowest BCUT2D eigenvalue weighted by Crippen LogP contribution is -2.44. The van der Waals surface area contributed by atoms with E-state index < -0.39 is 18.2 Å². The second-order valence-electron chi connectivity index (χ2n) is 7.81. The zero-order chi connectivity index (χ0) is 26.6. The van der Waals surface area contributed by atoms with E-state index in [1.165, 1.54) is 37.7 Å². The van der Waals surface area contributed by atoms with Gasteiger partial charge in [0.15, 0.2) is 5.82 Å². The molecule has 37 heavy (non-hydrogen) atoms. The number of hydrogen-bond donors (Lipinski definition) is 3. The van der Waals surface area contributed by atoms with Gasteiger partial charge in [0.25, 0.3) is 0 Å². The standard InChI is InChI=1S/C25H22F3N5O4/c1-36-18-11-17(12-19(13-18)37-2)30-24-29-14-20(16-5-3-4-15(10-16)6-7-22(34)35)23(31-24)33-9-8-21(32-33)25(26,27)28/h3-14,21,32H,1-2H3,(H,34,35)(H,29,30,31)/b7-6+. The van der Waals surface area contributed by atoms with Crippen LogP contribution in [0.4, 0.5) is 30.6 Å². The molecule has 0 radical (unpaired) electrons. The van der Waals surface area contributed by atoms with Gasteiger partial charge in [-0.1, -0.05) is 18.2 Å². The van der Waals surface area contributed by atoms with Gasteiger partial charge in [-0.05, 0) is 29.3 Å². The average molecular weight is 513 g/mol. The highest BCUT2D eigenvalue weighted by Crippen LogP contribution is 2.34. The Morgan fingerprint density at radius 1 is 1.16 bits per heavy atom. The number of hydrogen-bond acceptors (Lipinski definition) is 8. The van der Waals surface area contributed by atoms with Crippen molar-refractivity contribution in [2.75, 3.05) is 24.5 Å². The number of nitrogens with zero attached hydrogens (tertiary/aromatic N) is 3. The number of halogens is 3. The van der Waals surface area contributed by atoms with Crippen molar-refractivity contribution in [3.05, 3.63) is 72.6 Å².